The van der Waals surface area contributed by atoms with Gasteiger partial charge in [-0.3, -0.25) is 9.59 Å². The van der Waals surface area contributed by atoms with Gasteiger partial charge < -0.3 is 9.84 Å². The molecule has 1 aromatic carbocycles. The summed E-state index contributed by atoms with van der Waals surface area (Å²) >= 11 is 0. The van der Waals surface area contributed by atoms with Crippen molar-refractivity contribution < 1.29 is 19.4 Å². The Balaban J connectivity index is 1.06. The van der Waals surface area contributed by atoms with E-state index in [1.54, 1.807) is 16.8 Å². The second kappa shape index (κ2) is 11.0. The van der Waals surface area contributed by atoms with E-state index in [1.165, 1.54) is 18.9 Å². The minimum Gasteiger partial charge on any atom is -0.487 e. The van der Waals surface area contributed by atoms with E-state index in [4.69, 9.17) is 4.74 Å². The van der Waals surface area contributed by atoms with Crippen LogP contribution in [0.25, 0.3) is 6.08 Å². The summed E-state index contributed by atoms with van der Waals surface area (Å²) in [6.45, 7) is 6.89. The molecule has 7 heteroatoms. The van der Waals surface area contributed by atoms with Crippen LogP contribution in [-0.4, -0.2) is 37.8 Å². The molecular formula is C34H43N3O4. The number of fused-ring (bicyclic) bond motifs is 5. The fourth-order valence-corrected chi connectivity index (χ4v) is 8.97. The molecule has 218 valence electrons. The lowest BCUT2D eigenvalue weighted by molar-refractivity contribution is -0.130. The Kier molecular flexibility index (Phi) is 7.52. The lowest BCUT2D eigenvalue weighted by Crippen LogP contribution is -2.51. The molecule has 4 aliphatic carbocycles. The summed E-state index contributed by atoms with van der Waals surface area (Å²) in [6.07, 6.45) is 15.8. The van der Waals surface area contributed by atoms with Gasteiger partial charge in [-0.15, -0.1) is 5.10 Å². The van der Waals surface area contributed by atoms with Crippen molar-refractivity contribution >= 4 is 17.6 Å². The molecule has 0 aliphatic heterocycles. The number of aliphatic hydroxyl groups is 1. The predicted molar refractivity (Wildman–Crippen MR) is 157 cm³/mol. The molecule has 7 atom stereocenters. The Morgan fingerprint density at radius 3 is 2.68 bits per heavy atom. The summed E-state index contributed by atoms with van der Waals surface area (Å²) < 4.78 is 7.54. The van der Waals surface area contributed by atoms with Gasteiger partial charge in [-0.25, -0.2) is 4.68 Å². The smallest absolute Gasteiger partial charge is 0.157 e. The summed E-state index contributed by atoms with van der Waals surface area (Å²) in [6, 6.07) is 7.52. The van der Waals surface area contributed by atoms with Crippen LogP contribution in [0, 0.1) is 34.5 Å². The highest BCUT2D eigenvalue weighted by molar-refractivity contribution is 5.91. The minimum atomic E-state index is -0.175. The lowest BCUT2D eigenvalue weighted by Gasteiger charge is -2.57. The number of Topliss-reactive ketones (excluding diaryl/α,β-unsaturated/α-hetero) is 1. The number of hydrogen-bond acceptors (Lipinski definition) is 6. The van der Waals surface area contributed by atoms with Gasteiger partial charge in [-0.05, 0) is 111 Å². The number of aromatic nitrogens is 3. The molecule has 3 saturated carbocycles. The first-order chi connectivity index (χ1) is 19.7. The van der Waals surface area contributed by atoms with Gasteiger partial charge in [0.15, 0.2) is 11.6 Å². The summed E-state index contributed by atoms with van der Waals surface area (Å²) in [5.74, 6) is 2.97. The predicted octanol–water partition coefficient (Wildman–Crippen LogP) is 5.97. The number of allylic oxidation sites excluding steroid dienone is 2. The molecule has 3 fully saturated rings. The fraction of sp³-hybridized carbons (Fsp3) is 0.588. The second-order valence-electron chi connectivity index (χ2n) is 13.5. The number of benzene rings is 1. The third kappa shape index (κ3) is 5.33. The Labute approximate surface area is 243 Å². The fourth-order valence-electron chi connectivity index (χ4n) is 8.97. The number of carbonyl (C=O) groups excluding carboxylic acids is 2. The van der Waals surface area contributed by atoms with Gasteiger partial charge in [0, 0.05) is 5.92 Å². The van der Waals surface area contributed by atoms with Crippen LogP contribution in [0.4, 0.5) is 0 Å². The van der Waals surface area contributed by atoms with Crippen LogP contribution in [0.1, 0.15) is 83.4 Å². The van der Waals surface area contributed by atoms with Gasteiger partial charge in [0.25, 0.3) is 0 Å². The molecule has 1 unspecified atom stereocenters. The Hall–Kier alpha value is -3.06. The number of rotatable bonds is 8. The van der Waals surface area contributed by atoms with Crippen LogP contribution < -0.4 is 4.74 Å². The number of nitrogens with zero attached hydrogens (tertiary/aromatic N) is 3. The van der Waals surface area contributed by atoms with Crippen molar-refractivity contribution in [2.75, 3.05) is 0 Å². The number of aliphatic hydroxyl groups excluding tert-OH is 1. The van der Waals surface area contributed by atoms with Crippen LogP contribution in [0.5, 0.6) is 5.75 Å². The van der Waals surface area contributed by atoms with Crippen molar-refractivity contribution in [1.29, 1.82) is 0 Å². The summed E-state index contributed by atoms with van der Waals surface area (Å²) in [7, 11) is 0. The summed E-state index contributed by atoms with van der Waals surface area (Å²) in [5.41, 5.74) is 3.38. The summed E-state index contributed by atoms with van der Waals surface area (Å²) in [4.78, 5) is 24.8. The molecule has 1 aromatic heterocycles. The number of ketones is 2. The van der Waals surface area contributed by atoms with Crippen molar-refractivity contribution in [2.45, 2.75) is 91.4 Å². The normalized spacial score (nSPS) is 34.4. The average Bonchev–Trinajstić information content (AvgIpc) is 3.55. The molecule has 7 nitrogen and oxygen atoms in total. The minimum absolute atomic E-state index is 0.0113. The molecule has 41 heavy (non-hydrogen) atoms. The quantitative estimate of drug-likeness (QED) is 0.318. The molecular weight excluding hydrogens is 514 g/mol. The van der Waals surface area contributed by atoms with E-state index in [0.717, 1.165) is 50.5 Å². The van der Waals surface area contributed by atoms with E-state index >= 15 is 0 Å². The monoisotopic (exact) mass is 557 g/mol. The van der Waals surface area contributed by atoms with Crippen LogP contribution in [0.3, 0.4) is 0 Å². The van der Waals surface area contributed by atoms with E-state index in [9.17, 15) is 14.7 Å². The van der Waals surface area contributed by atoms with Gasteiger partial charge in [0.1, 0.15) is 24.6 Å². The maximum Gasteiger partial charge on any atom is 0.157 e. The lowest BCUT2D eigenvalue weighted by atomic mass is 9.47. The molecule has 4 aliphatic rings. The highest BCUT2D eigenvalue weighted by Gasteiger charge is 2.59. The van der Waals surface area contributed by atoms with E-state index in [0.29, 0.717) is 29.2 Å². The zero-order valence-corrected chi connectivity index (χ0v) is 24.6. The number of carbonyl (C=O) groups is 2. The zero-order valence-electron chi connectivity index (χ0n) is 24.6. The molecule has 0 spiro atoms. The molecule has 2 aromatic rings. The van der Waals surface area contributed by atoms with Crippen LogP contribution in [-0.2, 0) is 22.7 Å². The van der Waals surface area contributed by atoms with Gasteiger partial charge in [0.05, 0.1) is 12.3 Å². The Bertz CT molecular complexity index is 1360. The number of ether oxygens (including phenoxy) is 1. The average molecular weight is 558 g/mol. The first-order valence-electron chi connectivity index (χ1n) is 15.4. The first-order valence-corrected chi connectivity index (χ1v) is 15.4. The van der Waals surface area contributed by atoms with E-state index in [1.807, 2.05) is 30.5 Å². The van der Waals surface area contributed by atoms with Crippen LogP contribution in [0.15, 0.2) is 48.2 Å². The molecule has 1 N–H and O–H groups in total. The molecule has 0 radical (unpaired) electrons. The maximum atomic E-state index is 13.7. The molecule has 0 bridgehead atoms. The van der Waals surface area contributed by atoms with Gasteiger partial charge in [0.2, 0.25) is 0 Å². The third-order valence-corrected chi connectivity index (χ3v) is 11.1. The largest absolute Gasteiger partial charge is 0.487 e. The van der Waals surface area contributed by atoms with Crippen molar-refractivity contribution in [3.05, 3.63) is 59.4 Å². The third-order valence-electron chi connectivity index (χ3n) is 11.1. The van der Waals surface area contributed by atoms with Crippen molar-refractivity contribution in [3.63, 3.8) is 0 Å². The van der Waals surface area contributed by atoms with Gasteiger partial charge in [-0.1, -0.05) is 48.9 Å². The Morgan fingerprint density at radius 1 is 1.10 bits per heavy atom. The zero-order chi connectivity index (χ0) is 28.8. The highest BCUT2D eigenvalue weighted by Crippen LogP contribution is 2.66. The van der Waals surface area contributed by atoms with E-state index in [2.05, 4.69) is 30.2 Å². The van der Waals surface area contributed by atoms with Crippen LogP contribution >= 0.6 is 0 Å². The van der Waals surface area contributed by atoms with Crippen molar-refractivity contribution in [1.82, 2.24) is 15.0 Å². The standard InChI is InChI=1S/C34H43N3O4/c1-22(38)4-5-23-6-9-27(10-7-23)41-21-25-19-37(36-35-25)20-32(40)31-13-12-29-28-11-8-24-18-26(39)14-16-33(24,2)30(28)15-17-34(29,31)3/h4-10,19,26,28-31,39H,11-18,20-21H2,1-3H3/b5-4+/t26?,28-,29-,30-,31+,33-,34-/m0/s1. The van der Waals surface area contributed by atoms with Gasteiger partial charge in [-0.2, -0.15) is 0 Å². The number of hydrogen-bond donors (Lipinski definition) is 1. The van der Waals surface area contributed by atoms with E-state index in [-0.39, 0.29) is 47.6 Å². The Morgan fingerprint density at radius 2 is 1.90 bits per heavy atom. The van der Waals surface area contributed by atoms with Crippen molar-refractivity contribution in [3.8, 4) is 5.75 Å². The molecule has 0 saturated heterocycles. The maximum absolute atomic E-state index is 13.7. The van der Waals surface area contributed by atoms with Crippen molar-refractivity contribution in [2.24, 2.45) is 34.5 Å². The highest BCUT2D eigenvalue weighted by atomic mass is 16.5. The molecule has 0 amide bonds. The van der Waals surface area contributed by atoms with Crippen LogP contribution in [0.2, 0.25) is 0 Å². The first kappa shape index (κ1) is 28.1. The topological polar surface area (TPSA) is 94.3 Å². The summed E-state index contributed by atoms with van der Waals surface area (Å²) in [5, 5.41) is 18.8. The van der Waals surface area contributed by atoms with Gasteiger partial charge >= 0.3 is 0 Å². The SMILES string of the molecule is CC(=O)/C=C/c1ccc(OCc2cn(CC(=O)[C@H]3CC[C@H]4[C@@H]5CC=C6CC(O)CC[C@]6(C)[C@H]5CC[C@]34C)nn2)cc1. The molecule has 6 rings (SSSR count). The van der Waals surface area contributed by atoms with E-state index < -0.39 is 0 Å². The molecule has 1 heterocycles. The second-order valence-corrected chi connectivity index (χ2v) is 13.5.